The van der Waals surface area contributed by atoms with E-state index in [0.29, 0.717) is 11.6 Å². The van der Waals surface area contributed by atoms with E-state index in [2.05, 4.69) is 84.1 Å². The van der Waals surface area contributed by atoms with Crippen LogP contribution in [0.2, 0.25) is 0 Å². The van der Waals surface area contributed by atoms with Crippen LogP contribution in [0.3, 0.4) is 0 Å². The second kappa shape index (κ2) is 10.7. The molecule has 0 bridgehead atoms. The van der Waals surface area contributed by atoms with Gasteiger partial charge < -0.3 is 9.30 Å². The number of fused-ring (bicyclic) bond motifs is 3. The number of benzene rings is 3. The van der Waals surface area contributed by atoms with Crippen LogP contribution < -0.4 is 4.74 Å². The maximum Gasteiger partial charge on any atom is 2.00 e. The van der Waals surface area contributed by atoms with Gasteiger partial charge in [-0.2, -0.15) is 24.3 Å². The summed E-state index contributed by atoms with van der Waals surface area (Å²) in [5, 5.41) is 2.33. The van der Waals surface area contributed by atoms with E-state index in [0.717, 1.165) is 51.9 Å². The largest absolute Gasteiger partial charge is 2.00 e. The summed E-state index contributed by atoms with van der Waals surface area (Å²) in [5.74, 6) is 2.07. The first-order chi connectivity index (χ1) is 17.7. The zero-order chi connectivity index (χ0) is 24.5. The maximum absolute atomic E-state index is 5.92. The molecule has 184 valence electrons. The van der Waals surface area contributed by atoms with Gasteiger partial charge in [-0.3, -0.25) is 0 Å². The summed E-state index contributed by atoms with van der Waals surface area (Å²) >= 11 is 0. The Labute approximate surface area is 231 Å². The molecule has 0 saturated heterocycles. The van der Waals surface area contributed by atoms with E-state index in [1.807, 2.05) is 36.4 Å². The molecule has 0 aliphatic rings. The molecule has 4 nitrogen and oxygen atoms in total. The predicted molar refractivity (Wildman–Crippen MR) is 145 cm³/mol. The first-order valence-corrected chi connectivity index (χ1v) is 12.3. The van der Waals surface area contributed by atoms with Gasteiger partial charge in [-0.1, -0.05) is 49.6 Å². The zero-order valence-corrected chi connectivity index (χ0v) is 22.9. The van der Waals surface area contributed by atoms with E-state index in [1.165, 1.54) is 10.9 Å². The molecule has 0 fully saturated rings. The van der Waals surface area contributed by atoms with Crippen LogP contribution in [0.25, 0.3) is 38.8 Å². The van der Waals surface area contributed by atoms with Crippen molar-refractivity contribution in [3.63, 3.8) is 0 Å². The van der Waals surface area contributed by atoms with E-state index >= 15 is 0 Å². The Balaban J connectivity index is 0.00000280. The van der Waals surface area contributed by atoms with Gasteiger partial charge in [-0.15, -0.1) is 18.2 Å². The molecule has 3 aromatic heterocycles. The fourth-order valence-electron chi connectivity index (χ4n) is 4.74. The van der Waals surface area contributed by atoms with Crippen LogP contribution in [0.5, 0.6) is 11.6 Å². The molecule has 0 amide bonds. The molecule has 37 heavy (non-hydrogen) atoms. The van der Waals surface area contributed by atoms with Crippen LogP contribution in [0, 0.1) is 12.1 Å². The summed E-state index contributed by atoms with van der Waals surface area (Å²) in [6, 6.07) is 35.6. The molecule has 0 unspecified atom stereocenters. The predicted octanol–water partition coefficient (Wildman–Crippen LogP) is 7.76. The average Bonchev–Trinajstić information content (AvgIpc) is 3.27. The van der Waals surface area contributed by atoms with Crippen LogP contribution in [0.15, 0.2) is 91.1 Å². The minimum atomic E-state index is 0. The van der Waals surface area contributed by atoms with Gasteiger partial charge in [0.2, 0.25) is 5.88 Å². The maximum atomic E-state index is 5.92. The fraction of sp³-hybridized carbons (Fsp3) is 0.125. The number of hydrogen-bond acceptors (Lipinski definition) is 3. The van der Waals surface area contributed by atoms with Gasteiger partial charge in [-0.25, -0.2) is 21.1 Å². The van der Waals surface area contributed by atoms with Crippen molar-refractivity contribution >= 4 is 21.8 Å². The number of rotatable bonds is 6. The third-order valence-corrected chi connectivity index (χ3v) is 6.49. The Bertz CT molecular complexity index is 1690. The van der Waals surface area contributed by atoms with Crippen molar-refractivity contribution in [3.05, 3.63) is 115 Å². The second-order valence-corrected chi connectivity index (χ2v) is 8.67. The van der Waals surface area contributed by atoms with Crippen LogP contribution in [-0.4, -0.2) is 14.5 Å². The zero-order valence-electron chi connectivity index (χ0n) is 20.6. The topological polar surface area (TPSA) is 39.9 Å². The minimum absolute atomic E-state index is 0. The Hall–Kier alpha value is -3.75. The SMILES string of the molecule is CCc1ccc(-n2c3[c-]c(-c4[c-]c(Oc5ccccn5)ccc4)ccc3c3ccccc32)nc1CC.[Pt+2]. The molecule has 0 aliphatic carbocycles. The van der Waals surface area contributed by atoms with Gasteiger partial charge in [0.05, 0.1) is 0 Å². The number of ether oxygens (including phenoxy) is 1. The van der Waals surface area contributed by atoms with Crippen molar-refractivity contribution in [3.8, 4) is 28.6 Å². The van der Waals surface area contributed by atoms with E-state index in [9.17, 15) is 0 Å². The van der Waals surface area contributed by atoms with E-state index in [4.69, 9.17) is 9.72 Å². The Morgan fingerprint density at radius 1 is 0.757 bits per heavy atom. The number of aryl methyl sites for hydroxylation is 2. The van der Waals surface area contributed by atoms with Crippen LogP contribution in [0.4, 0.5) is 0 Å². The summed E-state index contributed by atoms with van der Waals surface area (Å²) in [6.45, 7) is 4.34. The molecule has 6 aromatic rings. The summed E-state index contributed by atoms with van der Waals surface area (Å²) in [5.41, 5.74) is 6.41. The smallest absolute Gasteiger partial charge is 0.460 e. The third kappa shape index (κ3) is 4.70. The number of para-hydroxylation sites is 1. The Kier molecular flexibility index (Phi) is 7.21. The van der Waals surface area contributed by atoms with Gasteiger partial charge in [-0.05, 0) is 47.5 Å². The molecule has 0 radical (unpaired) electrons. The monoisotopic (exact) mass is 662 g/mol. The van der Waals surface area contributed by atoms with E-state index in [-0.39, 0.29) is 21.1 Å². The summed E-state index contributed by atoms with van der Waals surface area (Å²) in [7, 11) is 0. The van der Waals surface area contributed by atoms with Crippen molar-refractivity contribution in [2.24, 2.45) is 0 Å². The van der Waals surface area contributed by atoms with Crippen molar-refractivity contribution in [1.82, 2.24) is 14.5 Å². The van der Waals surface area contributed by atoms with Crippen molar-refractivity contribution < 1.29 is 25.8 Å². The number of hydrogen-bond donors (Lipinski definition) is 0. The average molecular weight is 663 g/mol. The first-order valence-electron chi connectivity index (χ1n) is 12.3. The van der Waals surface area contributed by atoms with Gasteiger partial charge in [0.15, 0.2) is 0 Å². The quantitative estimate of drug-likeness (QED) is 0.171. The Morgan fingerprint density at radius 2 is 1.59 bits per heavy atom. The van der Waals surface area contributed by atoms with Crippen molar-refractivity contribution in [2.45, 2.75) is 26.7 Å². The van der Waals surface area contributed by atoms with Gasteiger partial charge >= 0.3 is 21.1 Å². The number of aromatic nitrogens is 3. The molecule has 0 spiro atoms. The molecule has 6 rings (SSSR count). The molecule has 5 heteroatoms. The van der Waals surface area contributed by atoms with Crippen molar-refractivity contribution in [2.75, 3.05) is 0 Å². The van der Waals surface area contributed by atoms with Crippen LogP contribution in [-0.2, 0) is 33.9 Å². The molecule has 3 aromatic carbocycles. The molecular weight excluding hydrogens is 637 g/mol. The standard InChI is InChI=1S/C32H25N3O.Pt/c1-3-22-16-18-31(34-28(22)4-2)35-29-13-6-5-12-26(29)27-17-15-24(21-30(27)35)23-10-9-11-25(20-23)36-32-14-7-8-19-33-32;/h5-19H,3-4H2,1-2H3;/q-2;+2. The molecule has 3 heterocycles. The number of pyridine rings is 2. The molecule has 0 saturated carbocycles. The molecule has 0 aliphatic heterocycles. The minimum Gasteiger partial charge on any atom is -0.460 e. The third-order valence-electron chi connectivity index (χ3n) is 6.49. The van der Waals surface area contributed by atoms with Gasteiger partial charge in [0.25, 0.3) is 0 Å². The second-order valence-electron chi connectivity index (χ2n) is 8.67. The van der Waals surface area contributed by atoms with Crippen LogP contribution >= 0.6 is 0 Å². The van der Waals surface area contributed by atoms with Gasteiger partial charge in [0, 0.05) is 29.2 Å². The number of nitrogens with zero attached hydrogens (tertiary/aromatic N) is 3. The molecular formula is C32H25N3OPt. The van der Waals surface area contributed by atoms with Crippen LogP contribution in [0.1, 0.15) is 25.1 Å². The summed E-state index contributed by atoms with van der Waals surface area (Å²) in [4.78, 5) is 9.33. The van der Waals surface area contributed by atoms with Gasteiger partial charge in [0.1, 0.15) is 5.82 Å². The summed E-state index contributed by atoms with van der Waals surface area (Å²) in [6.07, 6.45) is 3.60. The Morgan fingerprint density at radius 3 is 2.41 bits per heavy atom. The summed E-state index contributed by atoms with van der Waals surface area (Å²) < 4.78 is 8.14. The molecule has 0 atom stereocenters. The van der Waals surface area contributed by atoms with E-state index in [1.54, 1.807) is 6.20 Å². The first kappa shape index (κ1) is 24.9. The normalized spacial score (nSPS) is 11.0. The van der Waals surface area contributed by atoms with E-state index < -0.39 is 0 Å². The van der Waals surface area contributed by atoms with Crippen molar-refractivity contribution in [1.29, 1.82) is 0 Å². The fourth-order valence-corrected chi connectivity index (χ4v) is 4.74. The molecule has 0 N–H and O–H groups in total.